The molecular weight excluding hydrogens is 346 g/mol. The van der Waals surface area contributed by atoms with Gasteiger partial charge in [0.1, 0.15) is 11.9 Å². The van der Waals surface area contributed by atoms with Gasteiger partial charge in [-0.05, 0) is 62.8 Å². The monoisotopic (exact) mass is 376 g/mol. The molecule has 0 saturated carbocycles. The summed E-state index contributed by atoms with van der Waals surface area (Å²) in [5.74, 6) is 1.16. The minimum absolute atomic E-state index is 0.768. The maximum absolute atomic E-state index is 9.91. The van der Waals surface area contributed by atoms with Crippen LogP contribution in [0.5, 0.6) is 0 Å². The lowest BCUT2D eigenvalue weighted by molar-refractivity contribution is -0.896. The van der Waals surface area contributed by atoms with Crippen LogP contribution < -0.4 is 10.2 Å². The van der Waals surface area contributed by atoms with Gasteiger partial charge >= 0.3 is 0 Å². The molecule has 1 aliphatic carbocycles. The Bertz CT molecular complexity index is 1020. The topological polar surface area (TPSA) is 57.6 Å². The average molecular weight is 377 g/mol. The third-order valence-electron chi connectivity index (χ3n) is 6.17. The van der Waals surface area contributed by atoms with Crippen LogP contribution in [0.1, 0.15) is 49.8 Å². The van der Waals surface area contributed by atoms with Gasteiger partial charge in [0, 0.05) is 13.0 Å². The van der Waals surface area contributed by atoms with E-state index in [-0.39, 0.29) is 0 Å². The molecule has 0 spiro atoms. The van der Waals surface area contributed by atoms with E-state index >= 15 is 0 Å². The number of rotatable bonds is 7. The maximum Gasteiger partial charge on any atom is 0.157 e. The van der Waals surface area contributed by atoms with Gasteiger partial charge in [0.25, 0.3) is 0 Å². The summed E-state index contributed by atoms with van der Waals surface area (Å²) in [6, 6.07) is 10.7. The average Bonchev–Trinajstić information content (AvgIpc) is 3.12. The summed E-state index contributed by atoms with van der Waals surface area (Å²) in [5.41, 5.74) is 6.16. The molecule has 0 amide bonds. The van der Waals surface area contributed by atoms with Crippen LogP contribution in [-0.2, 0) is 12.8 Å². The molecule has 3 aromatic rings. The highest BCUT2D eigenvalue weighted by molar-refractivity contribution is 5.86. The number of anilines is 1. The molecule has 0 aliphatic heterocycles. The Morgan fingerprint density at radius 3 is 2.64 bits per heavy atom. The lowest BCUT2D eigenvalue weighted by atomic mass is 9.89. The van der Waals surface area contributed by atoms with Crippen LogP contribution in [0.25, 0.3) is 16.7 Å². The molecule has 2 N–H and O–H groups in total. The summed E-state index contributed by atoms with van der Waals surface area (Å²) in [5, 5.41) is 13.7. The fourth-order valence-corrected chi connectivity index (χ4v) is 4.58. The van der Waals surface area contributed by atoms with E-state index in [1.807, 2.05) is 12.1 Å². The molecule has 4 rings (SSSR count). The van der Waals surface area contributed by atoms with Crippen LogP contribution in [0.3, 0.4) is 0 Å². The van der Waals surface area contributed by atoms with Gasteiger partial charge in [-0.2, -0.15) is 5.26 Å². The molecule has 1 aromatic carbocycles. The third kappa shape index (κ3) is 3.22. The first-order valence-corrected chi connectivity index (χ1v) is 10.7. The van der Waals surface area contributed by atoms with Crippen molar-refractivity contribution in [3.8, 4) is 6.07 Å². The number of imidazole rings is 1. The standard InChI is InChI=1S/C23H29N5/c1-3-27(4-2)15-9-14-25-22-18-11-6-5-10-17(18)19(16-24)23-26-20-12-7-8-13-21(20)28(22)23/h7-8,12-13,25H,3-6,9-11,14-15H2,1-2H3/p+1. The minimum atomic E-state index is 0.768. The van der Waals surface area contributed by atoms with E-state index in [1.165, 1.54) is 37.2 Å². The van der Waals surface area contributed by atoms with Crippen molar-refractivity contribution in [2.45, 2.75) is 46.0 Å². The van der Waals surface area contributed by atoms with E-state index in [4.69, 9.17) is 4.98 Å². The van der Waals surface area contributed by atoms with Crippen molar-refractivity contribution < 1.29 is 4.90 Å². The molecule has 28 heavy (non-hydrogen) atoms. The first-order chi connectivity index (χ1) is 13.8. The van der Waals surface area contributed by atoms with Gasteiger partial charge < -0.3 is 10.2 Å². The van der Waals surface area contributed by atoms with Crippen LogP contribution in [-0.4, -0.2) is 35.6 Å². The first kappa shape index (κ1) is 18.8. The number of hydrogen-bond donors (Lipinski definition) is 2. The molecule has 5 heteroatoms. The van der Waals surface area contributed by atoms with E-state index in [2.05, 4.69) is 41.8 Å². The van der Waals surface area contributed by atoms with Crippen molar-refractivity contribution in [1.82, 2.24) is 9.38 Å². The van der Waals surface area contributed by atoms with Crippen molar-refractivity contribution in [2.24, 2.45) is 0 Å². The number of para-hydroxylation sites is 2. The molecule has 0 radical (unpaired) electrons. The Morgan fingerprint density at radius 1 is 1.14 bits per heavy atom. The van der Waals surface area contributed by atoms with Crippen LogP contribution in [0, 0.1) is 11.3 Å². The summed E-state index contributed by atoms with van der Waals surface area (Å²) in [6.45, 7) is 9.00. The molecule has 0 bridgehead atoms. The third-order valence-corrected chi connectivity index (χ3v) is 6.17. The lowest BCUT2D eigenvalue weighted by Crippen LogP contribution is -3.11. The number of nitrogens with one attached hydrogen (secondary N) is 2. The van der Waals surface area contributed by atoms with Crippen molar-refractivity contribution in [2.75, 3.05) is 31.5 Å². The SMILES string of the molecule is CC[NH+](CC)CCCNc1c2c(c(C#N)c3nc4ccccc4n13)CCCC2. The molecule has 0 saturated heterocycles. The minimum Gasteiger partial charge on any atom is -0.371 e. The summed E-state index contributed by atoms with van der Waals surface area (Å²) < 4.78 is 2.20. The lowest BCUT2D eigenvalue weighted by Gasteiger charge is -2.23. The smallest absolute Gasteiger partial charge is 0.157 e. The van der Waals surface area contributed by atoms with E-state index in [1.54, 1.807) is 4.90 Å². The number of quaternary nitrogens is 1. The quantitative estimate of drug-likeness (QED) is 0.623. The Morgan fingerprint density at radius 2 is 1.89 bits per heavy atom. The number of pyridine rings is 1. The van der Waals surface area contributed by atoms with Crippen molar-refractivity contribution in [3.63, 3.8) is 0 Å². The van der Waals surface area contributed by atoms with E-state index in [9.17, 15) is 5.26 Å². The van der Waals surface area contributed by atoms with E-state index < -0.39 is 0 Å². The first-order valence-electron chi connectivity index (χ1n) is 10.7. The zero-order valence-corrected chi connectivity index (χ0v) is 17.0. The molecule has 0 fully saturated rings. The summed E-state index contributed by atoms with van der Waals surface area (Å²) in [4.78, 5) is 6.47. The fourth-order valence-electron chi connectivity index (χ4n) is 4.58. The molecule has 146 valence electrons. The van der Waals surface area contributed by atoms with Crippen molar-refractivity contribution in [1.29, 1.82) is 5.26 Å². The van der Waals surface area contributed by atoms with Crippen molar-refractivity contribution >= 4 is 22.5 Å². The Balaban J connectivity index is 1.78. The van der Waals surface area contributed by atoms with Gasteiger partial charge in [0.15, 0.2) is 5.65 Å². The Hall–Kier alpha value is -2.58. The summed E-state index contributed by atoms with van der Waals surface area (Å²) in [7, 11) is 0. The number of nitrogens with zero attached hydrogens (tertiary/aromatic N) is 3. The highest BCUT2D eigenvalue weighted by atomic mass is 15.1. The molecule has 5 nitrogen and oxygen atoms in total. The molecule has 1 aliphatic rings. The van der Waals surface area contributed by atoms with E-state index in [0.717, 1.165) is 60.3 Å². The van der Waals surface area contributed by atoms with Gasteiger partial charge in [0.05, 0.1) is 36.2 Å². The molecule has 0 unspecified atom stereocenters. The predicted octanol–water partition coefficient (Wildman–Crippen LogP) is 2.96. The summed E-state index contributed by atoms with van der Waals surface area (Å²) in [6.07, 6.45) is 5.50. The van der Waals surface area contributed by atoms with Crippen molar-refractivity contribution in [3.05, 3.63) is 41.0 Å². The van der Waals surface area contributed by atoms with E-state index in [0.29, 0.717) is 0 Å². The van der Waals surface area contributed by atoms with Gasteiger partial charge in [0.2, 0.25) is 0 Å². The molecule has 0 atom stereocenters. The fraction of sp³-hybridized carbons (Fsp3) is 0.478. The highest BCUT2D eigenvalue weighted by Gasteiger charge is 2.24. The number of fused-ring (bicyclic) bond motifs is 4. The number of hydrogen-bond acceptors (Lipinski definition) is 3. The highest BCUT2D eigenvalue weighted by Crippen LogP contribution is 2.35. The zero-order chi connectivity index (χ0) is 19.5. The Labute approximate surface area is 167 Å². The predicted molar refractivity (Wildman–Crippen MR) is 114 cm³/mol. The number of benzene rings is 1. The van der Waals surface area contributed by atoms with Gasteiger partial charge in [-0.25, -0.2) is 4.98 Å². The molecule has 2 heterocycles. The summed E-state index contributed by atoms with van der Waals surface area (Å²) >= 11 is 0. The molecular formula is C23H30N5+. The van der Waals surface area contributed by atoms with Crippen LogP contribution >= 0.6 is 0 Å². The zero-order valence-electron chi connectivity index (χ0n) is 17.0. The molecule has 2 aromatic heterocycles. The second-order valence-electron chi connectivity index (χ2n) is 7.75. The largest absolute Gasteiger partial charge is 0.371 e. The van der Waals surface area contributed by atoms with Gasteiger partial charge in [-0.1, -0.05) is 12.1 Å². The van der Waals surface area contributed by atoms with Crippen LogP contribution in [0.4, 0.5) is 5.82 Å². The van der Waals surface area contributed by atoms with Gasteiger partial charge in [-0.15, -0.1) is 0 Å². The second-order valence-corrected chi connectivity index (χ2v) is 7.75. The number of nitriles is 1. The maximum atomic E-state index is 9.91. The second kappa shape index (κ2) is 8.20. The van der Waals surface area contributed by atoms with Crippen LogP contribution in [0.2, 0.25) is 0 Å². The number of aromatic nitrogens is 2. The normalized spacial score (nSPS) is 13.8. The van der Waals surface area contributed by atoms with Crippen LogP contribution in [0.15, 0.2) is 24.3 Å². The van der Waals surface area contributed by atoms with Gasteiger partial charge in [-0.3, -0.25) is 4.40 Å². The Kier molecular flexibility index (Phi) is 5.50.